The molecule has 0 aliphatic rings. The van der Waals surface area contributed by atoms with Crippen LogP contribution in [0.1, 0.15) is 24.1 Å². The Hall–Kier alpha value is -2.33. The van der Waals surface area contributed by atoms with E-state index < -0.39 is 0 Å². The quantitative estimate of drug-likeness (QED) is 0.780. The number of rotatable bonds is 5. The normalized spacial score (nSPS) is 12.5. The molecule has 1 aromatic carbocycles. The Bertz CT molecular complexity index is 768. The average Bonchev–Trinajstić information content (AvgIpc) is 2.55. The van der Waals surface area contributed by atoms with Gasteiger partial charge in [-0.25, -0.2) is 4.39 Å². The Balaban J connectivity index is 1.65. The van der Waals surface area contributed by atoms with Crippen LogP contribution in [0.4, 0.5) is 4.39 Å². The minimum atomic E-state index is -0.301. The van der Waals surface area contributed by atoms with Crippen LogP contribution in [0.5, 0.6) is 0 Å². The Labute approximate surface area is 129 Å². The van der Waals surface area contributed by atoms with E-state index in [-0.39, 0.29) is 11.9 Å². The van der Waals surface area contributed by atoms with Gasteiger partial charge in [0.1, 0.15) is 5.82 Å². The van der Waals surface area contributed by atoms with Crippen LogP contribution in [0.3, 0.4) is 0 Å². The number of aromatic nitrogens is 2. The van der Waals surface area contributed by atoms with Crippen LogP contribution in [0, 0.1) is 5.82 Å². The zero-order chi connectivity index (χ0) is 15.4. The van der Waals surface area contributed by atoms with Gasteiger partial charge in [-0.2, -0.15) is 0 Å². The molecule has 22 heavy (non-hydrogen) atoms. The molecule has 1 N–H and O–H groups in total. The first-order chi connectivity index (χ1) is 10.7. The van der Waals surface area contributed by atoms with Crippen LogP contribution < -0.4 is 5.32 Å². The summed E-state index contributed by atoms with van der Waals surface area (Å²) in [6.45, 7) is 2.81. The van der Waals surface area contributed by atoms with Crippen molar-refractivity contribution in [1.82, 2.24) is 15.3 Å². The molecule has 0 radical (unpaired) electrons. The topological polar surface area (TPSA) is 37.8 Å². The van der Waals surface area contributed by atoms with Gasteiger partial charge in [-0.1, -0.05) is 24.3 Å². The van der Waals surface area contributed by atoms with Gasteiger partial charge in [-0.3, -0.25) is 9.97 Å². The van der Waals surface area contributed by atoms with Gasteiger partial charge in [0.05, 0.1) is 11.7 Å². The second-order valence-corrected chi connectivity index (χ2v) is 5.35. The molecule has 0 aliphatic heterocycles. The minimum absolute atomic E-state index is 0.0612. The number of para-hydroxylation sites is 1. The van der Waals surface area contributed by atoms with Gasteiger partial charge in [0, 0.05) is 23.8 Å². The van der Waals surface area contributed by atoms with Crippen molar-refractivity contribution in [1.29, 1.82) is 0 Å². The molecule has 1 atom stereocenters. The standard InChI is InChI=1S/C18H18FN3/c1-13(16-10-17(19)12-20-11-16)21-9-7-15-5-2-4-14-6-3-8-22-18(14)15/h2-6,8,10-13,21H,7,9H2,1H3. The molecule has 0 bridgehead atoms. The minimum Gasteiger partial charge on any atom is -0.310 e. The number of benzene rings is 1. The SMILES string of the molecule is CC(NCCc1cccc2cccnc12)c1cncc(F)c1. The van der Waals surface area contributed by atoms with E-state index in [1.54, 1.807) is 6.20 Å². The Kier molecular flexibility index (Phi) is 4.39. The lowest BCUT2D eigenvalue weighted by molar-refractivity contribution is 0.563. The predicted octanol–water partition coefficient (Wildman–Crippen LogP) is 3.66. The first kappa shape index (κ1) is 14.6. The summed E-state index contributed by atoms with van der Waals surface area (Å²) >= 11 is 0. The van der Waals surface area contributed by atoms with E-state index in [9.17, 15) is 4.39 Å². The van der Waals surface area contributed by atoms with E-state index in [4.69, 9.17) is 0 Å². The zero-order valence-electron chi connectivity index (χ0n) is 12.5. The third kappa shape index (κ3) is 3.28. The van der Waals surface area contributed by atoms with E-state index in [0.717, 1.165) is 29.4 Å². The van der Waals surface area contributed by atoms with Crippen molar-refractivity contribution in [2.24, 2.45) is 0 Å². The van der Waals surface area contributed by atoms with Gasteiger partial charge in [0.25, 0.3) is 0 Å². The van der Waals surface area contributed by atoms with Gasteiger partial charge >= 0.3 is 0 Å². The smallest absolute Gasteiger partial charge is 0.141 e. The van der Waals surface area contributed by atoms with Crippen LogP contribution in [-0.2, 0) is 6.42 Å². The van der Waals surface area contributed by atoms with Crippen molar-refractivity contribution >= 4 is 10.9 Å². The highest BCUT2D eigenvalue weighted by molar-refractivity contribution is 5.81. The third-order valence-corrected chi connectivity index (χ3v) is 3.79. The molecule has 0 saturated carbocycles. The fourth-order valence-electron chi connectivity index (χ4n) is 2.58. The van der Waals surface area contributed by atoms with E-state index in [1.807, 2.05) is 19.2 Å². The number of hydrogen-bond donors (Lipinski definition) is 1. The van der Waals surface area contributed by atoms with Gasteiger partial charge < -0.3 is 5.32 Å². The first-order valence-corrected chi connectivity index (χ1v) is 7.40. The van der Waals surface area contributed by atoms with E-state index >= 15 is 0 Å². The lowest BCUT2D eigenvalue weighted by Gasteiger charge is -2.14. The summed E-state index contributed by atoms with van der Waals surface area (Å²) in [7, 11) is 0. The maximum Gasteiger partial charge on any atom is 0.141 e. The predicted molar refractivity (Wildman–Crippen MR) is 86.1 cm³/mol. The highest BCUT2D eigenvalue weighted by Crippen LogP contribution is 2.17. The number of halogens is 1. The summed E-state index contributed by atoms with van der Waals surface area (Å²) in [4.78, 5) is 8.35. The molecule has 4 heteroatoms. The molecule has 3 nitrogen and oxygen atoms in total. The average molecular weight is 295 g/mol. The van der Waals surface area contributed by atoms with Crippen molar-refractivity contribution in [3.63, 3.8) is 0 Å². The molecule has 2 heterocycles. The van der Waals surface area contributed by atoms with Crippen LogP contribution in [0.25, 0.3) is 10.9 Å². The second kappa shape index (κ2) is 6.62. The van der Waals surface area contributed by atoms with E-state index in [2.05, 4.69) is 39.6 Å². The molecule has 3 rings (SSSR count). The summed E-state index contributed by atoms with van der Waals surface area (Å²) in [5, 5.41) is 4.56. The van der Waals surface area contributed by atoms with Crippen LogP contribution in [-0.4, -0.2) is 16.5 Å². The maximum atomic E-state index is 13.2. The lowest BCUT2D eigenvalue weighted by atomic mass is 10.1. The van der Waals surface area contributed by atoms with Crippen LogP contribution in [0.2, 0.25) is 0 Å². The molecule has 0 amide bonds. The van der Waals surface area contributed by atoms with E-state index in [1.165, 1.54) is 17.8 Å². The highest BCUT2D eigenvalue weighted by atomic mass is 19.1. The Morgan fingerprint density at radius 3 is 2.91 bits per heavy atom. The summed E-state index contributed by atoms with van der Waals surface area (Å²) in [5.41, 5.74) is 3.12. The van der Waals surface area contributed by atoms with Crippen molar-refractivity contribution in [2.45, 2.75) is 19.4 Å². The molecule has 1 unspecified atom stereocenters. The molecule has 0 aliphatic carbocycles. The molecular weight excluding hydrogens is 277 g/mol. The fraction of sp³-hybridized carbons (Fsp3) is 0.222. The molecule has 112 valence electrons. The summed E-state index contributed by atoms with van der Waals surface area (Å²) in [5.74, 6) is -0.301. The zero-order valence-corrected chi connectivity index (χ0v) is 12.5. The van der Waals surface area contributed by atoms with Crippen LogP contribution >= 0.6 is 0 Å². The molecular formula is C18H18FN3. The Morgan fingerprint density at radius 1 is 1.18 bits per heavy atom. The molecule has 0 saturated heterocycles. The van der Waals surface area contributed by atoms with Gasteiger partial charge in [-0.05, 0) is 43.1 Å². The summed E-state index contributed by atoms with van der Waals surface area (Å²) in [6, 6.07) is 11.8. The van der Waals surface area contributed by atoms with Crippen molar-refractivity contribution in [3.05, 3.63) is 71.9 Å². The lowest BCUT2D eigenvalue weighted by Crippen LogP contribution is -2.21. The fourth-order valence-corrected chi connectivity index (χ4v) is 2.58. The van der Waals surface area contributed by atoms with Gasteiger partial charge in [0.2, 0.25) is 0 Å². The maximum absolute atomic E-state index is 13.2. The van der Waals surface area contributed by atoms with Crippen molar-refractivity contribution < 1.29 is 4.39 Å². The van der Waals surface area contributed by atoms with Gasteiger partial charge in [0.15, 0.2) is 0 Å². The molecule has 0 fully saturated rings. The highest BCUT2D eigenvalue weighted by Gasteiger charge is 2.07. The number of hydrogen-bond acceptors (Lipinski definition) is 3. The molecule has 3 aromatic rings. The largest absolute Gasteiger partial charge is 0.310 e. The number of nitrogens with zero attached hydrogens (tertiary/aromatic N) is 2. The second-order valence-electron chi connectivity index (χ2n) is 5.35. The Morgan fingerprint density at radius 2 is 2.05 bits per heavy atom. The van der Waals surface area contributed by atoms with Crippen molar-refractivity contribution in [3.8, 4) is 0 Å². The van der Waals surface area contributed by atoms with Crippen LogP contribution in [0.15, 0.2) is 55.0 Å². The summed E-state index contributed by atoms with van der Waals surface area (Å²) < 4.78 is 13.2. The molecule has 2 aromatic heterocycles. The first-order valence-electron chi connectivity index (χ1n) is 7.40. The van der Waals surface area contributed by atoms with E-state index in [0.29, 0.717) is 0 Å². The number of pyridine rings is 2. The third-order valence-electron chi connectivity index (χ3n) is 3.79. The number of fused-ring (bicyclic) bond motifs is 1. The van der Waals surface area contributed by atoms with Crippen molar-refractivity contribution in [2.75, 3.05) is 6.54 Å². The van der Waals surface area contributed by atoms with Gasteiger partial charge in [-0.15, -0.1) is 0 Å². The number of nitrogens with one attached hydrogen (secondary N) is 1. The summed E-state index contributed by atoms with van der Waals surface area (Å²) in [6.07, 6.45) is 5.61. The monoisotopic (exact) mass is 295 g/mol. The molecule has 0 spiro atoms.